The molecule has 1 atom stereocenters. The summed E-state index contributed by atoms with van der Waals surface area (Å²) < 4.78 is 25.9. The van der Waals surface area contributed by atoms with Crippen molar-refractivity contribution in [2.75, 3.05) is 23.7 Å². The fourth-order valence-electron chi connectivity index (χ4n) is 3.45. The highest BCUT2D eigenvalue weighted by Gasteiger charge is 2.26. The third-order valence-corrected chi connectivity index (χ3v) is 7.47. The fraction of sp³-hybridized carbons (Fsp3) is 0.417. The van der Waals surface area contributed by atoms with Gasteiger partial charge in [0.2, 0.25) is 21.8 Å². The first kappa shape index (κ1) is 29.2. The van der Waals surface area contributed by atoms with Crippen LogP contribution < -0.4 is 9.62 Å². The molecule has 0 aliphatic rings. The number of halogens is 3. The van der Waals surface area contributed by atoms with E-state index in [0.717, 1.165) is 18.2 Å². The Kier molecular flexibility index (Phi) is 11.1. The first-order valence-corrected chi connectivity index (χ1v) is 14.2. The van der Waals surface area contributed by atoms with Crippen molar-refractivity contribution in [3.63, 3.8) is 0 Å². The molecule has 0 heterocycles. The molecule has 192 valence electrons. The van der Waals surface area contributed by atoms with E-state index in [1.165, 1.54) is 9.21 Å². The summed E-state index contributed by atoms with van der Waals surface area (Å²) in [5.74, 6) is -0.549. The van der Waals surface area contributed by atoms with E-state index in [4.69, 9.17) is 34.8 Å². The van der Waals surface area contributed by atoms with Crippen LogP contribution in [0.4, 0.5) is 5.69 Å². The lowest BCUT2D eigenvalue weighted by Crippen LogP contribution is -2.47. The van der Waals surface area contributed by atoms with E-state index >= 15 is 0 Å². The largest absolute Gasteiger partial charge is 0.354 e. The second kappa shape index (κ2) is 13.3. The highest BCUT2D eigenvalue weighted by Crippen LogP contribution is 2.25. The lowest BCUT2D eigenvalue weighted by atomic mass is 10.1. The maximum atomic E-state index is 13.2. The number of anilines is 1. The quantitative estimate of drug-likeness (QED) is 0.388. The van der Waals surface area contributed by atoms with Crippen LogP contribution in [0.1, 0.15) is 38.7 Å². The second-order valence-corrected chi connectivity index (χ2v) is 11.3. The number of benzene rings is 2. The topological polar surface area (TPSA) is 86.8 Å². The number of nitrogens with one attached hydrogen (secondary N) is 1. The molecule has 2 aromatic rings. The van der Waals surface area contributed by atoms with Crippen LogP contribution in [0, 0.1) is 0 Å². The van der Waals surface area contributed by atoms with Crippen molar-refractivity contribution in [1.82, 2.24) is 10.2 Å². The van der Waals surface area contributed by atoms with Crippen molar-refractivity contribution >= 4 is 62.3 Å². The molecule has 1 N–H and O–H groups in total. The van der Waals surface area contributed by atoms with Crippen molar-refractivity contribution in [2.45, 2.75) is 45.7 Å². The number of carbonyl (C=O) groups excluding carboxylic acids is 2. The average Bonchev–Trinajstić information content (AvgIpc) is 2.79. The predicted octanol–water partition coefficient (Wildman–Crippen LogP) is 5.14. The Morgan fingerprint density at radius 2 is 1.77 bits per heavy atom. The summed E-state index contributed by atoms with van der Waals surface area (Å²) in [5, 5.41) is 3.97. The zero-order valence-electron chi connectivity index (χ0n) is 19.9. The first-order chi connectivity index (χ1) is 16.4. The highest BCUT2D eigenvalue weighted by molar-refractivity contribution is 7.92. The second-order valence-electron chi connectivity index (χ2n) is 8.16. The van der Waals surface area contributed by atoms with E-state index in [1.54, 1.807) is 49.4 Å². The maximum absolute atomic E-state index is 13.2. The van der Waals surface area contributed by atoms with E-state index in [2.05, 4.69) is 5.32 Å². The Morgan fingerprint density at radius 1 is 1.06 bits per heavy atom. The van der Waals surface area contributed by atoms with Crippen molar-refractivity contribution in [2.24, 2.45) is 0 Å². The molecule has 0 fully saturated rings. The van der Waals surface area contributed by atoms with E-state index in [-0.39, 0.29) is 37.7 Å². The van der Waals surface area contributed by atoms with Crippen LogP contribution in [0.25, 0.3) is 0 Å². The number of nitrogens with zero attached hydrogens (tertiary/aromatic N) is 2. The smallest absolute Gasteiger partial charge is 0.242 e. The van der Waals surface area contributed by atoms with Crippen molar-refractivity contribution in [3.8, 4) is 0 Å². The molecule has 2 aromatic carbocycles. The van der Waals surface area contributed by atoms with Gasteiger partial charge >= 0.3 is 0 Å². The van der Waals surface area contributed by atoms with Crippen LogP contribution in [-0.4, -0.2) is 50.5 Å². The monoisotopic (exact) mass is 561 g/mol. The van der Waals surface area contributed by atoms with Gasteiger partial charge < -0.3 is 10.2 Å². The molecule has 0 aliphatic heterocycles. The molecule has 7 nitrogen and oxygen atoms in total. The molecule has 0 radical (unpaired) electrons. The van der Waals surface area contributed by atoms with Gasteiger partial charge in [0.25, 0.3) is 0 Å². The Bertz CT molecular complexity index is 1140. The third kappa shape index (κ3) is 8.86. The molecule has 0 unspecified atom stereocenters. The summed E-state index contributed by atoms with van der Waals surface area (Å²) in [5.41, 5.74) is 1.15. The van der Waals surface area contributed by atoms with Gasteiger partial charge in [-0.05, 0) is 55.7 Å². The van der Waals surface area contributed by atoms with Gasteiger partial charge in [-0.25, -0.2) is 8.42 Å². The van der Waals surface area contributed by atoms with Crippen molar-refractivity contribution in [3.05, 3.63) is 63.1 Å². The molecule has 2 amide bonds. The summed E-state index contributed by atoms with van der Waals surface area (Å²) in [4.78, 5) is 27.3. The zero-order valence-corrected chi connectivity index (χ0v) is 23.0. The number of hydrogen-bond donors (Lipinski definition) is 1. The highest BCUT2D eigenvalue weighted by atomic mass is 35.5. The number of carbonyl (C=O) groups is 2. The molecular weight excluding hydrogens is 533 g/mol. The molecule has 0 aromatic heterocycles. The Morgan fingerprint density at radius 3 is 2.37 bits per heavy atom. The van der Waals surface area contributed by atoms with Crippen LogP contribution in [0.5, 0.6) is 0 Å². The van der Waals surface area contributed by atoms with Crippen LogP contribution >= 0.6 is 34.8 Å². The first-order valence-electron chi connectivity index (χ1n) is 11.2. The molecule has 35 heavy (non-hydrogen) atoms. The SMILES string of the molecule is CCCNC(=O)[C@@H](C)N(Cc1ccc(Cl)c(Cl)c1)C(=O)CCCN(c1cccc(Cl)c1)S(C)(=O)=O. The van der Waals surface area contributed by atoms with Crippen LogP contribution in [0.3, 0.4) is 0 Å². The summed E-state index contributed by atoms with van der Waals surface area (Å²) in [7, 11) is -3.59. The van der Waals surface area contributed by atoms with Gasteiger partial charge in [0.15, 0.2) is 0 Å². The summed E-state index contributed by atoms with van der Waals surface area (Å²) in [6.45, 7) is 4.34. The standard InChI is InChI=1S/C24H30Cl3N3O4S/c1-4-12-28-24(32)17(2)29(16-18-10-11-21(26)22(27)14-18)23(31)9-6-13-30(35(3,33)34)20-8-5-7-19(25)15-20/h5,7-8,10-11,14-15,17H,4,6,9,12-13,16H2,1-3H3,(H,28,32)/t17-/m1/s1. The third-order valence-electron chi connectivity index (χ3n) is 5.30. The number of amides is 2. The minimum atomic E-state index is -3.59. The van der Waals surface area contributed by atoms with Crippen molar-refractivity contribution in [1.29, 1.82) is 0 Å². The summed E-state index contributed by atoms with van der Waals surface area (Å²) >= 11 is 18.2. The van der Waals surface area contributed by atoms with Gasteiger partial charge in [-0.15, -0.1) is 0 Å². The van der Waals surface area contributed by atoms with Gasteiger partial charge in [-0.3, -0.25) is 13.9 Å². The molecule has 0 bridgehead atoms. The van der Waals surface area contributed by atoms with Crippen LogP contribution in [0.2, 0.25) is 15.1 Å². The minimum absolute atomic E-state index is 0.0410. The average molecular weight is 563 g/mol. The minimum Gasteiger partial charge on any atom is -0.354 e. The van der Waals surface area contributed by atoms with Gasteiger partial charge in [0.1, 0.15) is 6.04 Å². The van der Waals surface area contributed by atoms with Gasteiger partial charge in [-0.2, -0.15) is 0 Å². The van der Waals surface area contributed by atoms with E-state index in [1.807, 2.05) is 6.92 Å². The molecule has 0 saturated carbocycles. The van der Waals surface area contributed by atoms with Gasteiger partial charge in [0, 0.05) is 31.1 Å². The lowest BCUT2D eigenvalue weighted by Gasteiger charge is -2.29. The van der Waals surface area contributed by atoms with E-state index in [9.17, 15) is 18.0 Å². The number of hydrogen-bond acceptors (Lipinski definition) is 4. The van der Waals surface area contributed by atoms with E-state index < -0.39 is 16.1 Å². The Balaban J connectivity index is 2.18. The zero-order chi connectivity index (χ0) is 26.2. The molecule has 0 saturated heterocycles. The molecular formula is C24H30Cl3N3O4S. The maximum Gasteiger partial charge on any atom is 0.242 e. The molecule has 2 rings (SSSR count). The summed E-state index contributed by atoms with van der Waals surface area (Å²) in [6.07, 6.45) is 2.16. The Hall–Kier alpha value is -2.00. The molecule has 0 spiro atoms. The van der Waals surface area contributed by atoms with Crippen molar-refractivity contribution < 1.29 is 18.0 Å². The molecule has 11 heteroatoms. The summed E-state index contributed by atoms with van der Waals surface area (Å²) in [6, 6.07) is 10.8. The van der Waals surface area contributed by atoms with E-state index in [0.29, 0.717) is 27.3 Å². The van der Waals surface area contributed by atoms with Crippen LogP contribution in [0.15, 0.2) is 42.5 Å². The molecule has 0 aliphatic carbocycles. The Labute approximate surface area is 222 Å². The van der Waals surface area contributed by atoms with Crippen LogP contribution in [-0.2, 0) is 26.2 Å². The fourth-order valence-corrected chi connectivity index (χ4v) is 4.91. The normalized spacial score (nSPS) is 12.2. The predicted molar refractivity (Wildman–Crippen MR) is 143 cm³/mol. The van der Waals surface area contributed by atoms with Gasteiger partial charge in [0.05, 0.1) is 22.0 Å². The number of sulfonamides is 1. The lowest BCUT2D eigenvalue weighted by molar-refractivity contribution is -0.140. The number of rotatable bonds is 12. The van der Waals surface area contributed by atoms with Gasteiger partial charge in [-0.1, -0.05) is 53.9 Å².